The Labute approximate surface area is 445 Å². The molecule has 0 saturated heterocycles. The molecular formula is C69H70BN3S. The third-order valence-corrected chi connectivity index (χ3v) is 19.1. The smallest absolute Gasteiger partial charge is 0.252 e. The highest BCUT2D eigenvalue weighted by Gasteiger charge is 2.49. The van der Waals surface area contributed by atoms with Crippen LogP contribution >= 0.6 is 11.3 Å². The number of hydrogen-bond acceptors (Lipinski definition) is 4. The maximum atomic E-state index is 2.73. The van der Waals surface area contributed by atoms with E-state index >= 15 is 0 Å². The first-order valence-electron chi connectivity index (χ1n) is 27.2. The van der Waals surface area contributed by atoms with E-state index in [-0.39, 0.29) is 33.8 Å². The van der Waals surface area contributed by atoms with Gasteiger partial charge in [0.1, 0.15) is 0 Å². The van der Waals surface area contributed by atoms with Crippen LogP contribution in [0.1, 0.15) is 134 Å². The van der Waals surface area contributed by atoms with Gasteiger partial charge in [-0.3, -0.25) is 0 Å². The molecule has 1 aromatic heterocycles. The number of hydrogen-bond donors (Lipinski definition) is 0. The molecule has 13 rings (SSSR count). The van der Waals surface area contributed by atoms with Gasteiger partial charge in [-0.1, -0.05) is 149 Å². The zero-order valence-electron chi connectivity index (χ0n) is 45.9. The highest BCUT2D eigenvalue weighted by Crippen LogP contribution is 2.56. The summed E-state index contributed by atoms with van der Waals surface area (Å²) in [6.07, 6.45) is 3.47. The number of nitrogens with zero attached hydrogens (tertiary/aromatic N) is 3. The van der Waals surface area contributed by atoms with Crippen molar-refractivity contribution in [3.8, 4) is 0 Å². The fourth-order valence-electron chi connectivity index (χ4n) is 14.2. The fraction of sp³-hybridized carbons (Fsp3) is 0.304. The molecule has 0 amide bonds. The Balaban J connectivity index is 1.15. The number of para-hydroxylation sites is 2. The summed E-state index contributed by atoms with van der Waals surface area (Å²) >= 11 is 1.93. The van der Waals surface area contributed by atoms with E-state index in [1.165, 1.54) is 122 Å². The number of thiophene rings is 1. The van der Waals surface area contributed by atoms with Crippen LogP contribution in [0.5, 0.6) is 0 Å². The summed E-state index contributed by atoms with van der Waals surface area (Å²) in [6, 6.07) is 59.0. The summed E-state index contributed by atoms with van der Waals surface area (Å²) in [6.45, 7) is 31.5. The number of benzene rings is 8. The summed E-state index contributed by atoms with van der Waals surface area (Å²) in [7, 11) is 0. The van der Waals surface area contributed by atoms with E-state index in [2.05, 4.69) is 256 Å². The number of anilines is 9. The lowest BCUT2D eigenvalue weighted by atomic mass is 9.33. The summed E-state index contributed by atoms with van der Waals surface area (Å²) in [5.74, 6) is 0. The van der Waals surface area contributed by atoms with Gasteiger partial charge in [0.25, 0.3) is 6.71 Å². The molecule has 9 aromatic rings. The highest BCUT2D eigenvalue weighted by molar-refractivity contribution is 7.26. The van der Waals surface area contributed by atoms with E-state index < -0.39 is 0 Å². The third kappa shape index (κ3) is 7.04. The largest absolute Gasteiger partial charge is 0.311 e. The quantitative estimate of drug-likeness (QED) is 0.159. The van der Waals surface area contributed by atoms with Crippen LogP contribution in [0.3, 0.4) is 0 Å². The summed E-state index contributed by atoms with van der Waals surface area (Å²) < 4.78 is 2.64. The number of fused-ring (bicyclic) bond motifs is 9. The Morgan fingerprint density at radius 2 is 1.04 bits per heavy atom. The van der Waals surface area contributed by atoms with E-state index in [1.54, 1.807) is 0 Å². The first-order valence-corrected chi connectivity index (χ1v) is 28.0. The normalized spacial score (nSPS) is 17.4. The van der Waals surface area contributed by atoms with Gasteiger partial charge in [-0.15, -0.1) is 11.3 Å². The predicted octanol–water partition coefficient (Wildman–Crippen LogP) is 17.8. The van der Waals surface area contributed by atoms with Crippen molar-refractivity contribution in [2.24, 2.45) is 0 Å². The molecular weight excluding hydrogens is 914 g/mol. The van der Waals surface area contributed by atoms with Gasteiger partial charge in [0, 0.05) is 65.7 Å². The van der Waals surface area contributed by atoms with E-state index in [0.29, 0.717) is 0 Å². The Hall–Kier alpha value is -6.56. The maximum absolute atomic E-state index is 2.73. The molecule has 2 aliphatic carbocycles. The van der Waals surface area contributed by atoms with Crippen molar-refractivity contribution in [3.63, 3.8) is 0 Å². The molecule has 5 heteroatoms. The van der Waals surface area contributed by atoms with Crippen molar-refractivity contribution in [1.82, 2.24) is 0 Å². The third-order valence-electron chi connectivity index (χ3n) is 18.0. The molecule has 3 nitrogen and oxygen atoms in total. The molecule has 0 unspecified atom stereocenters. The van der Waals surface area contributed by atoms with Crippen molar-refractivity contribution in [2.45, 2.75) is 136 Å². The van der Waals surface area contributed by atoms with E-state index in [9.17, 15) is 0 Å². The highest BCUT2D eigenvalue weighted by atomic mass is 32.1. The molecule has 0 radical (unpaired) electrons. The lowest BCUT2D eigenvalue weighted by molar-refractivity contribution is 0.332. The summed E-state index contributed by atoms with van der Waals surface area (Å²) in [5, 5.41) is 2.62. The fourth-order valence-corrected chi connectivity index (χ4v) is 15.4. The average Bonchev–Trinajstić information content (AvgIpc) is 3.86. The Morgan fingerprint density at radius 3 is 1.68 bits per heavy atom. The van der Waals surface area contributed by atoms with Crippen LogP contribution in [0.4, 0.5) is 51.2 Å². The van der Waals surface area contributed by atoms with E-state index in [1.807, 2.05) is 11.3 Å². The predicted molar refractivity (Wildman–Crippen MR) is 322 cm³/mol. The van der Waals surface area contributed by atoms with Crippen LogP contribution in [0.15, 0.2) is 152 Å². The van der Waals surface area contributed by atoms with Crippen LogP contribution < -0.4 is 31.1 Å². The molecule has 4 aliphatic rings. The first kappa shape index (κ1) is 47.2. The molecule has 8 aromatic carbocycles. The van der Waals surface area contributed by atoms with Gasteiger partial charge in [-0.2, -0.15) is 0 Å². The lowest BCUT2D eigenvalue weighted by Crippen LogP contribution is -2.61. The van der Waals surface area contributed by atoms with Crippen molar-refractivity contribution < 1.29 is 0 Å². The zero-order chi connectivity index (χ0) is 51.6. The second-order valence-corrected chi connectivity index (χ2v) is 27.2. The van der Waals surface area contributed by atoms with E-state index in [4.69, 9.17) is 0 Å². The van der Waals surface area contributed by atoms with Gasteiger partial charge in [-0.05, 0) is 194 Å². The monoisotopic (exact) mass is 984 g/mol. The van der Waals surface area contributed by atoms with Gasteiger partial charge < -0.3 is 14.7 Å². The second-order valence-electron chi connectivity index (χ2n) is 26.1. The minimum Gasteiger partial charge on any atom is -0.311 e. The molecule has 0 atom stereocenters. The van der Waals surface area contributed by atoms with Crippen LogP contribution in [-0.2, 0) is 27.1 Å². The van der Waals surface area contributed by atoms with Crippen LogP contribution in [-0.4, -0.2) is 6.71 Å². The maximum Gasteiger partial charge on any atom is 0.252 e. The van der Waals surface area contributed by atoms with Crippen molar-refractivity contribution in [2.75, 3.05) is 14.7 Å². The van der Waals surface area contributed by atoms with Crippen LogP contribution in [0.2, 0.25) is 0 Å². The Morgan fingerprint density at radius 1 is 0.473 bits per heavy atom. The van der Waals surface area contributed by atoms with Crippen molar-refractivity contribution >= 4 is 106 Å². The molecule has 74 heavy (non-hydrogen) atoms. The van der Waals surface area contributed by atoms with Crippen LogP contribution in [0, 0.1) is 13.8 Å². The molecule has 2 aliphatic heterocycles. The van der Waals surface area contributed by atoms with Crippen molar-refractivity contribution in [1.29, 1.82) is 0 Å². The van der Waals surface area contributed by atoms with Gasteiger partial charge in [0.05, 0.1) is 5.69 Å². The van der Waals surface area contributed by atoms with Gasteiger partial charge in [0.15, 0.2) is 0 Å². The Kier molecular flexibility index (Phi) is 10.2. The van der Waals surface area contributed by atoms with Gasteiger partial charge >= 0.3 is 0 Å². The molecule has 0 saturated carbocycles. The minimum atomic E-state index is -0.0139. The Bertz CT molecular complexity index is 3750. The average molecular weight is 984 g/mol. The van der Waals surface area contributed by atoms with Gasteiger partial charge in [0.2, 0.25) is 0 Å². The molecule has 3 heterocycles. The van der Waals surface area contributed by atoms with E-state index in [0.717, 1.165) is 23.5 Å². The summed E-state index contributed by atoms with van der Waals surface area (Å²) in [5.41, 5.74) is 25.3. The van der Waals surface area contributed by atoms with Gasteiger partial charge in [-0.25, -0.2) is 0 Å². The minimum absolute atomic E-state index is 0.0139. The standard InChI is InChI=1S/C69H70BN3S/c1-42-33-59-64-60(34-42)73(56-39-51-49(35-43(56)2)66(6,7)31-32-67(51,8)9)58-40-52-50(68(10,11)41-69(52,12)13)38-54(58)70(64)53-30-28-47(71(45-21-16-14-17-22-45)46-23-18-15-19-24-46)37-57(53)72(59)55-25-20-26-61-63(55)48-29-27-44(65(3,4)5)36-62(48)74-61/h14-30,33-40H,31-32,41H2,1-13H3. The molecule has 0 spiro atoms. The first-order chi connectivity index (χ1) is 35.1. The lowest BCUT2D eigenvalue weighted by Gasteiger charge is -2.47. The second kappa shape index (κ2) is 16.0. The molecule has 0 bridgehead atoms. The van der Waals surface area contributed by atoms with Crippen molar-refractivity contribution in [3.05, 3.63) is 191 Å². The summed E-state index contributed by atoms with van der Waals surface area (Å²) in [4.78, 5) is 7.84. The SMILES string of the molecule is Cc1cc2c3c(c1)N(c1cccc4sc5cc(C(C)(C)C)ccc5c14)c1cc(N(c4ccccc4)c4ccccc4)ccc1B3c1cc3c(cc1N2c1cc2c(cc1C)C(C)(C)CCC2(C)C)C(C)(C)CC3(C)C. The number of aryl methyl sites for hydroxylation is 2. The molecule has 0 N–H and O–H groups in total. The molecule has 370 valence electrons. The number of rotatable bonds is 5. The van der Waals surface area contributed by atoms with Crippen LogP contribution in [0.25, 0.3) is 20.2 Å². The zero-order valence-corrected chi connectivity index (χ0v) is 46.7. The topological polar surface area (TPSA) is 9.72 Å². The molecule has 0 fully saturated rings.